The van der Waals surface area contributed by atoms with Crippen molar-refractivity contribution in [3.05, 3.63) is 89.8 Å². The summed E-state index contributed by atoms with van der Waals surface area (Å²) in [7, 11) is 0. The van der Waals surface area contributed by atoms with Crippen molar-refractivity contribution in [3.8, 4) is 5.88 Å². The number of pyridine rings is 1. The maximum absolute atomic E-state index is 14.6. The van der Waals surface area contributed by atoms with Crippen LogP contribution in [0.4, 0.5) is 19.4 Å². The van der Waals surface area contributed by atoms with Crippen LogP contribution in [0.15, 0.2) is 66.9 Å². The highest BCUT2D eigenvalue weighted by Gasteiger charge is 2.20. The van der Waals surface area contributed by atoms with Gasteiger partial charge in [0.25, 0.3) is 0 Å². The van der Waals surface area contributed by atoms with Gasteiger partial charge in [-0.15, -0.1) is 0 Å². The number of hydrogen-bond donors (Lipinski definition) is 2. The van der Waals surface area contributed by atoms with Crippen molar-refractivity contribution in [2.24, 2.45) is 0 Å². The Morgan fingerprint density at radius 2 is 1.87 bits per heavy atom. The molecule has 0 atom stereocenters. The predicted molar refractivity (Wildman–Crippen MR) is 112 cm³/mol. The Labute approximate surface area is 176 Å². The summed E-state index contributed by atoms with van der Waals surface area (Å²) in [4.78, 5) is 16.0. The molecule has 2 N–H and O–H groups in total. The molecule has 2 heterocycles. The van der Waals surface area contributed by atoms with Crippen LogP contribution in [0.2, 0.25) is 0 Å². The first kappa shape index (κ1) is 20.3. The normalized spacial score (nSPS) is 10.9. The Bertz CT molecular complexity index is 1210. The minimum atomic E-state index is -0.690. The van der Waals surface area contributed by atoms with Crippen molar-refractivity contribution in [2.45, 2.75) is 13.0 Å². The summed E-state index contributed by atoms with van der Waals surface area (Å²) in [5.41, 5.74) is 1.20. The summed E-state index contributed by atoms with van der Waals surface area (Å²) in [6.07, 6.45) is 1.01. The second kappa shape index (κ2) is 8.83. The molecule has 0 saturated heterocycles. The van der Waals surface area contributed by atoms with Gasteiger partial charge in [-0.1, -0.05) is 24.3 Å². The molecular weight excluding hydrogens is 404 g/mol. The fourth-order valence-corrected chi connectivity index (χ4v) is 3.43. The van der Waals surface area contributed by atoms with Crippen molar-refractivity contribution >= 4 is 22.7 Å². The molecule has 0 radical (unpaired) electrons. The molecule has 0 spiro atoms. The van der Waals surface area contributed by atoms with Crippen LogP contribution in [0.3, 0.4) is 0 Å². The van der Waals surface area contributed by atoms with Gasteiger partial charge in [-0.05, 0) is 42.0 Å². The van der Waals surface area contributed by atoms with Gasteiger partial charge in [0.1, 0.15) is 17.5 Å². The standard InChI is InChI=1S/C23H19F2N3O3/c24-16-9-7-15(8-10-16)14-28-19(21-17(22(28)29)4-3-5-18(21)25)11-13-31-23(30)27-20-6-1-2-12-26-20/h1-10,12,29H,11,13-14H2,(H,26,27,30). The molecule has 6 nitrogen and oxygen atoms in total. The van der Waals surface area contributed by atoms with Crippen LogP contribution < -0.4 is 5.32 Å². The number of anilines is 1. The molecule has 4 rings (SSSR count). The summed E-state index contributed by atoms with van der Waals surface area (Å²) >= 11 is 0. The largest absolute Gasteiger partial charge is 0.494 e. The molecule has 158 valence electrons. The van der Waals surface area contributed by atoms with Crippen molar-refractivity contribution in [1.29, 1.82) is 0 Å². The van der Waals surface area contributed by atoms with Crippen LogP contribution in [0.5, 0.6) is 5.88 Å². The van der Waals surface area contributed by atoms with E-state index in [1.54, 1.807) is 41.0 Å². The Morgan fingerprint density at radius 3 is 2.61 bits per heavy atom. The first-order valence-electron chi connectivity index (χ1n) is 9.60. The third-order valence-electron chi connectivity index (χ3n) is 4.85. The molecule has 0 aliphatic heterocycles. The van der Waals surface area contributed by atoms with Crippen LogP contribution in [0.25, 0.3) is 10.8 Å². The number of halogens is 2. The zero-order chi connectivity index (χ0) is 21.8. The molecule has 0 fully saturated rings. The van der Waals surface area contributed by atoms with Crippen LogP contribution in [0, 0.1) is 11.6 Å². The first-order chi connectivity index (χ1) is 15.0. The number of aromatic nitrogens is 2. The molecule has 2 aromatic heterocycles. The number of hydrogen-bond acceptors (Lipinski definition) is 4. The van der Waals surface area contributed by atoms with E-state index in [-0.39, 0.29) is 36.7 Å². The Morgan fingerprint density at radius 1 is 1.06 bits per heavy atom. The van der Waals surface area contributed by atoms with Gasteiger partial charge < -0.3 is 14.4 Å². The number of amides is 1. The van der Waals surface area contributed by atoms with E-state index in [4.69, 9.17) is 4.74 Å². The number of nitrogens with one attached hydrogen (secondary N) is 1. The summed E-state index contributed by atoms with van der Waals surface area (Å²) in [6, 6.07) is 15.3. The molecule has 2 aromatic carbocycles. The van der Waals surface area contributed by atoms with Gasteiger partial charge >= 0.3 is 6.09 Å². The molecular formula is C23H19F2N3O3. The number of carbonyl (C=O) groups excluding carboxylic acids is 1. The lowest BCUT2D eigenvalue weighted by molar-refractivity contribution is 0.162. The van der Waals surface area contributed by atoms with Crippen molar-refractivity contribution in [3.63, 3.8) is 0 Å². The number of aromatic hydroxyl groups is 1. The molecule has 0 aliphatic rings. The molecule has 4 aromatic rings. The van der Waals surface area contributed by atoms with Crippen LogP contribution in [-0.4, -0.2) is 27.4 Å². The first-order valence-corrected chi connectivity index (χ1v) is 9.60. The molecule has 31 heavy (non-hydrogen) atoms. The zero-order valence-electron chi connectivity index (χ0n) is 16.4. The molecule has 8 heteroatoms. The van der Waals surface area contributed by atoms with E-state index in [9.17, 15) is 18.7 Å². The van der Waals surface area contributed by atoms with Crippen molar-refractivity contribution in [2.75, 3.05) is 11.9 Å². The third-order valence-corrected chi connectivity index (χ3v) is 4.85. The number of nitrogens with zero attached hydrogens (tertiary/aromatic N) is 2. The second-order valence-electron chi connectivity index (χ2n) is 6.87. The summed E-state index contributed by atoms with van der Waals surface area (Å²) in [5.74, 6) is -0.615. The van der Waals surface area contributed by atoms with E-state index >= 15 is 0 Å². The van der Waals surface area contributed by atoms with E-state index in [0.717, 1.165) is 5.56 Å². The Balaban J connectivity index is 1.56. The fourth-order valence-electron chi connectivity index (χ4n) is 3.43. The highest BCUT2D eigenvalue weighted by molar-refractivity contribution is 5.91. The SMILES string of the molecule is O=C(Nc1ccccn1)OCCc1c2c(F)cccc2c(O)n1Cc1ccc(F)cc1. The lowest BCUT2D eigenvalue weighted by Gasteiger charge is -2.12. The molecule has 1 amide bonds. The van der Waals surface area contributed by atoms with Crippen molar-refractivity contribution < 1.29 is 23.4 Å². The third kappa shape index (κ3) is 4.48. The molecule has 0 saturated carbocycles. The van der Waals surface area contributed by atoms with E-state index in [0.29, 0.717) is 16.9 Å². The van der Waals surface area contributed by atoms with E-state index in [1.165, 1.54) is 30.5 Å². The predicted octanol–water partition coefficient (Wildman–Crippen LogP) is 4.86. The fraction of sp³-hybridized carbons (Fsp3) is 0.130. The smallest absolute Gasteiger partial charge is 0.412 e. The summed E-state index contributed by atoms with van der Waals surface area (Å²) in [6.45, 7) is 0.157. The van der Waals surface area contributed by atoms with Crippen LogP contribution in [-0.2, 0) is 17.7 Å². The molecule has 0 unspecified atom stereocenters. The Kier molecular flexibility index (Phi) is 5.79. The maximum Gasteiger partial charge on any atom is 0.412 e. The second-order valence-corrected chi connectivity index (χ2v) is 6.87. The number of rotatable bonds is 6. The van der Waals surface area contributed by atoms with E-state index in [1.807, 2.05) is 0 Å². The van der Waals surface area contributed by atoms with Crippen LogP contribution >= 0.6 is 0 Å². The lowest BCUT2D eigenvalue weighted by atomic mass is 10.1. The van der Waals surface area contributed by atoms with Crippen molar-refractivity contribution in [1.82, 2.24) is 9.55 Å². The topological polar surface area (TPSA) is 76.4 Å². The maximum atomic E-state index is 14.6. The van der Waals surface area contributed by atoms with E-state index < -0.39 is 11.9 Å². The average molecular weight is 423 g/mol. The highest BCUT2D eigenvalue weighted by atomic mass is 19.1. The number of fused-ring (bicyclic) bond motifs is 1. The van der Waals surface area contributed by atoms with Gasteiger partial charge in [0.15, 0.2) is 5.88 Å². The van der Waals surface area contributed by atoms with Gasteiger partial charge in [-0.2, -0.15) is 0 Å². The van der Waals surface area contributed by atoms with Gasteiger partial charge in [0.2, 0.25) is 0 Å². The van der Waals surface area contributed by atoms with Gasteiger partial charge in [0.05, 0.1) is 13.2 Å². The van der Waals surface area contributed by atoms with E-state index in [2.05, 4.69) is 10.3 Å². The highest BCUT2D eigenvalue weighted by Crippen LogP contribution is 2.34. The quantitative estimate of drug-likeness (QED) is 0.464. The number of carbonyl (C=O) groups is 1. The Hall–Kier alpha value is -3.94. The average Bonchev–Trinajstić information content (AvgIpc) is 3.03. The van der Waals surface area contributed by atoms with Crippen LogP contribution in [0.1, 0.15) is 11.3 Å². The minimum Gasteiger partial charge on any atom is -0.494 e. The summed E-state index contributed by atoms with van der Waals surface area (Å²) in [5, 5.41) is 13.8. The zero-order valence-corrected chi connectivity index (χ0v) is 16.4. The molecule has 0 aliphatic carbocycles. The summed E-state index contributed by atoms with van der Waals surface area (Å²) < 4.78 is 34.6. The monoisotopic (exact) mass is 423 g/mol. The minimum absolute atomic E-state index is 0.0467. The van der Waals surface area contributed by atoms with Gasteiger partial charge in [-0.25, -0.2) is 18.6 Å². The van der Waals surface area contributed by atoms with Gasteiger partial charge in [0, 0.05) is 29.1 Å². The molecule has 0 bridgehead atoms. The van der Waals surface area contributed by atoms with Gasteiger partial charge in [-0.3, -0.25) is 5.32 Å². The number of ether oxygens (including phenoxy) is 1. The number of benzene rings is 2. The lowest BCUT2D eigenvalue weighted by Crippen LogP contribution is -2.17.